The van der Waals surface area contributed by atoms with Crippen LogP contribution in [-0.2, 0) is 0 Å². The Hall–Kier alpha value is -2.04. The Morgan fingerprint density at radius 1 is 0.923 bits per heavy atom. The topological polar surface area (TPSA) is 52.7 Å². The van der Waals surface area contributed by atoms with Gasteiger partial charge in [-0.25, -0.2) is 4.79 Å². The Kier molecular flexibility index (Phi) is 6.17. The van der Waals surface area contributed by atoms with Gasteiger partial charge in [-0.05, 0) is 50.3 Å². The molecule has 1 aliphatic heterocycles. The first-order chi connectivity index (χ1) is 12.5. The van der Waals surface area contributed by atoms with Crippen LogP contribution in [0.4, 0.5) is 4.79 Å². The van der Waals surface area contributed by atoms with Crippen molar-refractivity contribution in [3.63, 3.8) is 0 Å². The fraction of sp³-hybridized carbons (Fsp3) is 0.619. The summed E-state index contributed by atoms with van der Waals surface area (Å²) >= 11 is 0. The van der Waals surface area contributed by atoms with Crippen LogP contribution in [0.3, 0.4) is 0 Å². The third kappa shape index (κ3) is 4.57. The van der Waals surface area contributed by atoms with E-state index in [0.717, 1.165) is 5.56 Å². The Morgan fingerprint density at radius 2 is 1.50 bits per heavy atom. The number of nitrogens with zero attached hydrogens (tertiary/aromatic N) is 2. The zero-order valence-corrected chi connectivity index (χ0v) is 16.0. The molecule has 1 aromatic carbocycles. The summed E-state index contributed by atoms with van der Waals surface area (Å²) in [5.41, 5.74) is 2.13. The van der Waals surface area contributed by atoms with E-state index in [1.165, 1.54) is 37.7 Å². The zero-order chi connectivity index (χ0) is 18.5. The molecule has 3 rings (SSSR count). The van der Waals surface area contributed by atoms with Crippen molar-refractivity contribution in [1.82, 2.24) is 15.1 Å². The van der Waals surface area contributed by atoms with E-state index in [9.17, 15) is 9.59 Å². The van der Waals surface area contributed by atoms with Gasteiger partial charge in [-0.3, -0.25) is 4.79 Å². The van der Waals surface area contributed by atoms with Crippen molar-refractivity contribution in [2.45, 2.75) is 57.9 Å². The average molecular weight is 357 g/mol. The van der Waals surface area contributed by atoms with Gasteiger partial charge in [0.15, 0.2) is 0 Å². The minimum Gasteiger partial charge on any atom is -0.336 e. The molecule has 0 bridgehead atoms. The first-order valence-corrected chi connectivity index (χ1v) is 9.99. The summed E-state index contributed by atoms with van der Waals surface area (Å²) < 4.78 is 0. The number of rotatable bonds is 3. The number of hydrogen-bond acceptors (Lipinski definition) is 2. The molecule has 1 N–H and O–H groups in total. The van der Waals surface area contributed by atoms with E-state index < -0.39 is 0 Å². The van der Waals surface area contributed by atoms with E-state index in [4.69, 9.17) is 0 Å². The SMILES string of the molecule is CC(C)NC(=O)N1CCN(C(=O)c2ccc(C3CCCCC3)cc2)CC1. The smallest absolute Gasteiger partial charge is 0.317 e. The number of nitrogens with one attached hydrogen (secondary N) is 1. The number of hydrogen-bond donors (Lipinski definition) is 1. The van der Waals surface area contributed by atoms with E-state index >= 15 is 0 Å². The molecule has 142 valence electrons. The van der Waals surface area contributed by atoms with Gasteiger partial charge in [0.1, 0.15) is 0 Å². The summed E-state index contributed by atoms with van der Waals surface area (Å²) in [6, 6.07) is 8.31. The number of amides is 3. The molecule has 0 aromatic heterocycles. The van der Waals surface area contributed by atoms with Crippen molar-refractivity contribution in [3.8, 4) is 0 Å². The largest absolute Gasteiger partial charge is 0.336 e. The molecule has 3 amide bonds. The Morgan fingerprint density at radius 3 is 2.08 bits per heavy atom. The highest BCUT2D eigenvalue weighted by molar-refractivity contribution is 5.94. The lowest BCUT2D eigenvalue weighted by atomic mass is 9.84. The van der Waals surface area contributed by atoms with Crippen LogP contribution in [0, 0.1) is 0 Å². The van der Waals surface area contributed by atoms with E-state index in [1.807, 2.05) is 30.9 Å². The van der Waals surface area contributed by atoms with Crippen LogP contribution in [0.2, 0.25) is 0 Å². The third-order valence-corrected chi connectivity index (χ3v) is 5.50. The fourth-order valence-electron chi connectivity index (χ4n) is 3.97. The van der Waals surface area contributed by atoms with Crippen LogP contribution < -0.4 is 5.32 Å². The minimum atomic E-state index is -0.0380. The molecular weight excluding hydrogens is 326 g/mol. The fourth-order valence-corrected chi connectivity index (χ4v) is 3.97. The molecule has 26 heavy (non-hydrogen) atoms. The summed E-state index contributed by atoms with van der Waals surface area (Å²) in [5, 5.41) is 2.91. The summed E-state index contributed by atoms with van der Waals surface area (Å²) in [4.78, 5) is 28.4. The van der Waals surface area contributed by atoms with E-state index in [-0.39, 0.29) is 18.0 Å². The standard InChI is InChI=1S/C21H31N3O2/c1-16(2)22-21(26)24-14-12-23(13-15-24)20(25)19-10-8-18(9-11-19)17-6-4-3-5-7-17/h8-11,16-17H,3-7,12-15H2,1-2H3,(H,22,26). The molecular formula is C21H31N3O2. The molecule has 1 saturated heterocycles. The molecule has 2 fully saturated rings. The highest BCUT2D eigenvalue weighted by Crippen LogP contribution is 2.32. The number of piperazine rings is 1. The van der Waals surface area contributed by atoms with Gasteiger partial charge in [0.2, 0.25) is 0 Å². The molecule has 0 radical (unpaired) electrons. The first-order valence-electron chi connectivity index (χ1n) is 9.99. The van der Waals surface area contributed by atoms with Gasteiger partial charge in [0.25, 0.3) is 5.91 Å². The van der Waals surface area contributed by atoms with Crippen molar-refractivity contribution < 1.29 is 9.59 Å². The van der Waals surface area contributed by atoms with E-state index in [0.29, 0.717) is 32.1 Å². The lowest BCUT2D eigenvalue weighted by molar-refractivity contribution is 0.0664. The van der Waals surface area contributed by atoms with Gasteiger partial charge in [-0.1, -0.05) is 31.4 Å². The van der Waals surface area contributed by atoms with Crippen molar-refractivity contribution in [2.24, 2.45) is 0 Å². The number of carbonyl (C=O) groups excluding carboxylic acids is 2. The summed E-state index contributed by atoms with van der Waals surface area (Å²) in [6.07, 6.45) is 6.54. The van der Waals surface area contributed by atoms with Crippen molar-refractivity contribution in [1.29, 1.82) is 0 Å². The number of urea groups is 1. The van der Waals surface area contributed by atoms with Crippen LogP contribution in [-0.4, -0.2) is 54.0 Å². The second-order valence-electron chi connectivity index (χ2n) is 7.84. The molecule has 2 aliphatic rings. The van der Waals surface area contributed by atoms with Gasteiger partial charge in [0, 0.05) is 37.8 Å². The van der Waals surface area contributed by atoms with Crippen LogP contribution in [0.15, 0.2) is 24.3 Å². The number of benzene rings is 1. The number of carbonyl (C=O) groups is 2. The van der Waals surface area contributed by atoms with E-state index in [1.54, 1.807) is 4.90 Å². The van der Waals surface area contributed by atoms with Gasteiger partial charge >= 0.3 is 6.03 Å². The average Bonchev–Trinajstić information content (AvgIpc) is 2.68. The third-order valence-electron chi connectivity index (χ3n) is 5.50. The molecule has 1 heterocycles. The Labute approximate surface area is 156 Å². The molecule has 0 atom stereocenters. The highest BCUT2D eigenvalue weighted by Gasteiger charge is 2.25. The molecule has 5 nitrogen and oxygen atoms in total. The van der Waals surface area contributed by atoms with Gasteiger partial charge in [0.05, 0.1) is 0 Å². The van der Waals surface area contributed by atoms with Gasteiger partial charge in [-0.2, -0.15) is 0 Å². The second-order valence-corrected chi connectivity index (χ2v) is 7.84. The van der Waals surface area contributed by atoms with Crippen LogP contribution in [0.25, 0.3) is 0 Å². The molecule has 0 spiro atoms. The predicted octanol–water partition coefficient (Wildman–Crippen LogP) is 3.61. The normalized spacial score (nSPS) is 18.9. The minimum absolute atomic E-state index is 0.0380. The molecule has 0 unspecified atom stereocenters. The quantitative estimate of drug-likeness (QED) is 0.898. The summed E-state index contributed by atoms with van der Waals surface area (Å²) in [7, 11) is 0. The lowest BCUT2D eigenvalue weighted by Gasteiger charge is -2.35. The van der Waals surface area contributed by atoms with Gasteiger partial charge in [-0.15, -0.1) is 0 Å². The molecule has 1 aliphatic carbocycles. The van der Waals surface area contributed by atoms with E-state index in [2.05, 4.69) is 17.4 Å². The summed E-state index contributed by atoms with van der Waals surface area (Å²) in [5.74, 6) is 0.736. The maximum Gasteiger partial charge on any atom is 0.317 e. The van der Waals surface area contributed by atoms with Crippen LogP contribution in [0.1, 0.15) is 67.8 Å². The van der Waals surface area contributed by atoms with Crippen molar-refractivity contribution in [2.75, 3.05) is 26.2 Å². The first kappa shape index (κ1) is 18.7. The maximum absolute atomic E-state index is 12.7. The monoisotopic (exact) mass is 357 g/mol. The summed E-state index contributed by atoms with van der Waals surface area (Å²) in [6.45, 7) is 6.27. The van der Waals surface area contributed by atoms with Crippen molar-refractivity contribution >= 4 is 11.9 Å². The highest BCUT2D eigenvalue weighted by atomic mass is 16.2. The zero-order valence-electron chi connectivity index (χ0n) is 16.0. The molecule has 1 aromatic rings. The van der Waals surface area contributed by atoms with Crippen molar-refractivity contribution in [3.05, 3.63) is 35.4 Å². The Bertz CT molecular complexity index is 613. The maximum atomic E-state index is 12.7. The van der Waals surface area contributed by atoms with Crippen LogP contribution >= 0.6 is 0 Å². The lowest BCUT2D eigenvalue weighted by Crippen LogP contribution is -2.54. The van der Waals surface area contributed by atoms with Crippen LogP contribution in [0.5, 0.6) is 0 Å². The van der Waals surface area contributed by atoms with Gasteiger partial charge < -0.3 is 15.1 Å². The molecule has 5 heteroatoms. The molecule has 1 saturated carbocycles. The Balaban J connectivity index is 1.54. The predicted molar refractivity (Wildman–Crippen MR) is 103 cm³/mol. The second kappa shape index (κ2) is 8.56.